The Labute approximate surface area is 183 Å². The molecule has 0 saturated heterocycles. The molecule has 0 radical (unpaired) electrons. The Hall–Kier alpha value is -2.30. The third-order valence-electron chi connectivity index (χ3n) is 6.01. The highest BCUT2D eigenvalue weighted by molar-refractivity contribution is 7.89. The summed E-state index contributed by atoms with van der Waals surface area (Å²) in [6.45, 7) is 4.38. The second-order valence-corrected chi connectivity index (χ2v) is 11.9. The van der Waals surface area contributed by atoms with E-state index in [0.29, 0.717) is 18.0 Å². The maximum atomic E-state index is 13.3. The van der Waals surface area contributed by atoms with Gasteiger partial charge in [-0.2, -0.15) is 0 Å². The largest absolute Gasteiger partial charge is 0.331 e. The minimum atomic E-state index is -3.76. The third kappa shape index (κ3) is 3.99. The van der Waals surface area contributed by atoms with Gasteiger partial charge < -0.3 is 0 Å². The van der Waals surface area contributed by atoms with Crippen molar-refractivity contribution < 1.29 is 8.42 Å². The van der Waals surface area contributed by atoms with Crippen LogP contribution >= 0.6 is 11.3 Å². The van der Waals surface area contributed by atoms with Crippen molar-refractivity contribution in [1.29, 1.82) is 0 Å². The van der Waals surface area contributed by atoms with Crippen molar-refractivity contribution in [2.24, 2.45) is 5.92 Å². The molecule has 2 fully saturated rings. The molecule has 2 aliphatic rings. The molecule has 3 aromatic rings. The number of rotatable bonds is 7. The van der Waals surface area contributed by atoms with Crippen molar-refractivity contribution in [2.75, 3.05) is 0 Å². The number of aromatic nitrogens is 3. The second kappa shape index (κ2) is 7.11. The predicted octanol–water partition coefficient (Wildman–Crippen LogP) is 2.22. The first-order valence-corrected chi connectivity index (χ1v) is 12.7. The van der Waals surface area contributed by atoms with Crippen LogP contribution in [-0.2, 0) is 23.1 Å². The lowest BCUT2D eigenvalue weighted by Crippen LogP contribution is -2.40. The smallest absolute Gasteiger partial charge is 0.293 e. The van der Waals surface area contributed by atoms with Gasteiger partial charge >= 0.3 is 5.69 Å². The van der Waals surface area contributed by atoms with E-state index in [2.05, 4.69) is 9.71 Å². The Morgan fingerprint density at radius 2 is 1.97 bits per heavy atom. The van der Waals surface area contributed by atoms with Gasteiger partial charge in [0.25, 0.3) is 5.56 Å². The average molecular weight is 461 g/mol. The van der Waals surface area contributed by atoms with Gasteiger partial charge in [-0.3, -0.25) is 13.9 Å². The van der Waals surface area contributed by atoms with Crippen LogP contribution < -0.4 is 16.0 Å². The number of fused-ring (bicyclic) bond motifs is 1. The van der Waals surface area contributed by atoms with Crippen molar-refractivity contribution >= 4 is 32.3 Å². The van der Waals surface area contributed by atoms with E-state index in [0.717, 1.165) is 35.6 Å². The first-order valence-electron chi connectivity index (χ1n) is 10.4. The standard InChI is InChI=1S/C21H24N4O4S2/c1-13-22-10-15(30-13)12-25-19(26)17-9-16(31(28,29)23-21(2)7-8-21)5-6-18(17)24(20(25)27)11-14-3-4-14/h5-6,9-10,14,23H,3-4,7-8,11-12H2,1-2H3. The predicted molar refractivity (Wildman–Crippen MR) is 119 cm³/mol. The van der Waals surface area contributed by atoms with Gasteiger partial charge in [0.15, 0.2) is 0 Å². The number of nitrogens with zero attached hydrogens (tertiary/aromatic N) is 3. The minimum Gasteiger partial charge on any atom is -0.293 e. The molecule has 2 saturated carbocycles. The summed E-state index contributed by atoms with van der Waals surface area (Å²) in [6.07, 6.45) is 5.36. The summed E-state index contributed by atoms with van der Waals surface area (Å²) in [7, 11) is -3.76. The van der Waals surface area contributed by atoms with Crippen molar-refractivity contribution in [3.05, 3.63) is 55.1 Å². The van der Waals surface area contributed by atoms with Gasteiger partial charge in [-0.15, -0.1) is 11.3 Å². The van der Waals surface area contributed by atoms with E-state index in [4.69, 9.17) is 0 Å². The van der Waals surface area contributed by atoms with Crippen molar-refractivity contribution in [2.45, 2.75) is 63.1 Å². The maximum absolute atomic E-state index is 13.3. The molecule has 2 aromatic heterocycles. The van der Waals surface area contributed by atoms with E-state index in [1.165, 1.54) is 28.0 Å². The molecular weight excluding hydrogens is 436 g/mol. The molecular formula is C21H24N4O4S2. The molecule has 0 unspecified atom stereocenters. The fourth-order valence-corrected chi connectivity index (χ4v) is 6.03. The van der Waals surface area contributed by atoms with Gasteiger partial charge in [-0.1, -0.05) is 0 Å². The molecule has 0 amide bonds. The van der Waals surface area contributed by atoms with Crippen LogP contribution in [0.3, 0.4) is 0 Å². The minimum absolute atomic E-state index is 0.0435. The summed E-state index contributed by atoms with van der Waals surface area (Å²) >= 11 is 1.43. The highest BCUT2D eigenvalue weighted by Gasteiger charge is 2.41. The van der Waals surface area contributed by atoms with Crippen molar-refractivity contribution in [1.82, 2.24) is 18.8 Å². The van der Waals surface area contributed by atoms with Crippen LogP contribution in [0, 0.1) is 12.8 Å². The second-order valence-electron chi connectivity index (χ2n) is 8.92. The summed E-state index contributed by atoms with van der Waals surface area (Å²) in [4.78, 5) is 31.6. The van der Waals surface area contributed by atoms with Gasteiger partial charge in [0, 0.05) is 23.2 Å². The van der Waals surface area contributed by atoms with Gasteiger partial charge in [-0.05, 0) is 63.6 Å². The van der Waals surface area contributed by atoms with Crippen molar-refractivity contribution in [3.63, 3.8) is 0 Å². The van der Waals surface area contributed by atoms with Gasteiger partial charge in [0.2, 0.25) is 10.0 Å². The van der Waals surface area contributed by atoms with Crippen molar-refractivity contribution in [3.8, 4) is 0 Å². The highest BCUT2D eigenvalue weighted by Crippen LogP contribution is 2.36. The van der Waals surface area contributed by atoms with Gasteiger partial charge in [0.1, 0.15) is 0 Å². The Kier molecular flexibility index (Phi) is 4.72. The van der Waals surface area contributed by atoms with E-state index < -0.39 is 21.1 Å². The number of sulfonamides is 1. The molecule has 164 valence electrons. The Bertz CT molecular complexity index is 1410. The topological polar surface area (TPSA) is 103 Å². The van der Waals surface area contributed by atoms with E-state index in [1.54, 1.807) is 16.8 Å². The summed E-state index contributed by atoms with van der Waals surface area (Å²) in [5, 5.41) is 1.10. The molecule has 2 heterocycles. The van der Waals surface area contributed by atoms with Crippen LogP contribution in [0.25, 0.3) is 10.9 Å². The molecule has 5 rings (SSSR count). The molecule has 31 heavy (non-hydrogen) atoms. The van der Waals surface area contributed by atoms with Crippen LogP contribution in [0.5, 0.6) is 0 Å². The number of hydrogen-bond donors (Lipinski definition) is 1. The zero-order valence-electron chi connectivity index (χ0n) is 17.4. The van der Waals surface area contributed by atoms with Crippen LogP contribution in [0.1, 0.15) is 42.5 Å². The Morgan fingerprint density at radius 1 is 1.23 bits per heavy atom. The number of thiazole rings is 1. The first kappa shape index (κ1) is 20.6. The summed E-state index contributed by atoms with van der Waals surface area (Å²) < 4.78 is 31.3. The molecule has 0 bridgehead atoms. The molecule has 1 N–H and O–H groups in total. The fraction of sp³-hybridized carbons (Fsp3) is 0.476. The number of nitrogens with one attached hydrogen (secondary N) is 1. The molecule has 1 aromatic carbocycles. The molecule has 0 atom stereocenters. The normalized spacial score (nSPS) is 17.9. The fourth-order valence-electron chi connectivity index (χ4n) is 3.75. The first-order chi connectivity index (χ1) is 14.7. The number of benzene rings is 1. The van der Waals surface area contributed by atoms with Crippen LogP contribution in [-0.4, -0.2) is 28.1 Å². The van der Waals surface area contributed by atoms with E-state index in [-0.39, 0.29) is 22.5 Å². The molecule has 10 heteroatoms. The summed E-state index contributed by atoms with van der Waals surface area (Å²) in [5.41, 5.74) is -0.777. The lowest BCUT2D eigenvalue weighted by molar-refractivity contribution is 0.557. The third-order valence-corrected chi connectivity index (χ3v) is 8.54. The lowest BCUT2D eigenvalue weighted by atomic mass is 10.2. The Morgan fingerprint density at radius 3 is 2.58 bits per heavy atom. The monoisotopic (exact) mass is 460 g/mol. The van der Waals surface area contributed by atoms with E-state index in [1.807, 2.05) is 13.8 Å². The highest BCUT2D eigenvalue weighted by atomic mass is 32.2. The number of hydrogen-bond acceptors (Lipinski definition) is 6. The van der Waals surface area contributed by atoms with Crippen LogP contribution in [0.15, 0.2) is 38.9 Å². The number of aryl methyl sites for hydroxylation is 1. The molecule has 0 spiro atoms. The van der Waals surface area contributed by atoms with Gasteiger partial charge in [0.05, 0.1) is 27.4 Å². The maximum Gasteiger partial charge on any atom is 0.331 e. The molecule has 2 aliphatic carbocycles. The van der Waals surface area contributed by atoms with Crippen LogP contribution in [0.2, 0.25) is 0 Å². The van der Waals surface area contributed by atoms with E-state index >= 15 is 0 Å². The zero-order valence-corrected chi connectivity index (χ0v) is 19.1. The molecule has 8 nitrogen and oxygen atoms in total. The van der Waals surface area contributed by atoms with E-state index in [9.17, 15) is 18.0 Å². The average Bonchev–Trinajstić information content (AvgIpc) is 3.63. The SMILES string of the molecule is Cc1ncc(Cn2c(=O)c3cc(S(=O)(=O)NC4(C)CC4)ccc3n(CC3CC3)c2=O)s1. The Balaban J connectivity index is 1.67. The van der Waals surface area contributed by atoms with Crippen LogP contribution in [0.4, 0.5) is 0 Å². The summed E-state index contributed by atoms with van der Waals surface area (Å²) in [5.74, 6) is 0.414. The summed E-state index contributed by atoms with van der Waals surface area (Å²) in [6, 6.07) is 4.48. The zero-order chi connectivity index (χ0) is 22.0. The molecule has 0 aliphatic heterocycles. The lowest BCUT2D eigenvalue weighted by Gasteiger charge is -2.16. The quantitative estimate of drug-likeness (QED) is 0.582. The van der Waals surface area contributed by atoms with Gasteiger partial charge in [-0.25, -0.2) is 22.9 Å².